The van der Waals surface area contributed by atoms with E-state index in [1.807, 2.05) is 6.92 Å². The van der Waals surface area contributed by atoms with E-state index in [9.17, 15) is 10.2 Å². The third-order valence-corrected chi connectivity index (χ3v) is 3.10. The number of ether oxygens (including phenoxy) is 1. The summed E-state index contributed by atoms with van der Waals surface area (Å²) in [6.07, 6.45) is 1.38. The minimum atomic E-state index is -0.180. The maximum absolute atomic E-state index is 9.82. The van der Waals surface area contributed by atoms with E-state index in [1.165, 1.54) is 6.07 Å². The molecule has 0 aromatic heterocycles. The molecule has 2 unspecified atom stereocenters. The highest BCUT2D eigenvalue weighted by molar-refractivity contribution is 5.85. The second-order valence-corrected chi connectivity index (χ2v) is 4.10. The highest BCUT2D eigenvalue weighted by Crippen LogP contribution is 2.40. The van der Waals surface area contributed by atoms with Gasteiger partial charge in [-0.25, -0.2) is 0 Å². The molecule has 0 amide bonds. The van der Waals surface area contributed by atoms with Gasteiger partial charge in [-0.2, -0.15) is 0 Å². The molecule has 0 saturated heterocycles. The lowest BCUT2D eigenvalue weighted by Gasteiger charge is -2.31. The van der Waals surface area contributed by atoms with E-state index in [0.717, 1.165) is 17.5 Å². The van der Waals surface area contributed by atoms with Crippen LogP contribution in [0.1, 0.15) is 30.6 Å². The minimum absolute atomic E-state index is 0. The van der Waals surface area contributed by atoms with E-state index in [0.29, 0.717) is 13.0 Å². The van der Waals surface area contributed by atoms with Crippen molar-refractivity contribution in [2.24, 2.45) is 5.73 Å². The quantitative estimate of drug-likeness (QED) is 0.709. The van der Waals surface area contributed by atoms with Crippen LogP contribution in [-0.2, 0) is 11.2 Å². The van der Waals surface area contributed by atoms with Gasteiger partial charge in [-0.15, -0.1) is 12.4 Å². The second kappa shape index (κ2) is 5.58. The van der Waals surface area contributed by atoms with Crippen LogP contribution in [0.25, 0.3) is 0 Å². The Morgan fingerprint density at radius 1 is 1.41 bits per heavy atom. The fourth-order valence-corrected chi connectivity index (χ4v) is 2.16. The van der Waals surface area contributed by atoms with Crippen molar-refractivity contribution in [3.8, 4) is 11.5 Å². The van der Waals surface area contributed by atoms with Crippen LogP contribution in [0.2, 0.25) is 0 Å². The summed E-state index contributed by atoms with van der Waals surface area (Å²) in [6.45, 7) is 2.41. The lowest BCUT2D eigenvalue weighted by atomic mass is 9.92. The highest BCUT2D eigenvalue weighted by atomic mass is 35.5. The smallest absolute Gasteiger partial charge is 0.161 e. The van der Waals surface area contributed by atoms with E-state index in [-0.39, 0.29) is 36.1 Å². The average molecular weight is 260 g/mol. The molecule has 0 saturated carbocycles. The summed E-state index contributed by atoms with van der Waals surface area (Å²) < 4.78 is 5.79. The van der Waals surface area contributed by atoms with Crippen molar-refractivity contribution in [1.82, 2.24) is 0 Å². The van der Waals surface area contributed by atoms with Crippen LogP contribution in [0.4, 0.5) is 0 Å². The SMILES string of the molecule is CCC1Cc2c(ccc(O)c2O)C(CN)O1.Cl. The Balaban J connectivity index is 0.00000144. The summed E-state index contributed by atoms with van der Waals surface area (Å²) in [5.41, 5.74) is 7.32. The minimum Gasteiger partial charge on any atom is -0.504 e. The molecule has 5 heteroatoms. The lowest BCUT2D eigenvalue weighted by molar-refractivity contribution is -0.0228. The van der Waals surface area contributed by atoms with E-state index in [2.05, 4.69) is 0 Å². The molecule has 0 spiro atoms. The molecule has 2 rings (SSSR count). The molecule has 0 fully saturated rings. The third kappa shape index (κ3) is 2.49. The molecule has 1 aromatic rings. The monoisotopic (exact) mass is 259 g/mol. The van der Waals surface area contributed by atoms with E-state index >= 15 is 0 Å². The number of fused-ring (bicyclic) bond motifs is 1. The summed E-state index contributed by atoms with van der Waals surface area (Å²) in [5, 5.41) is 19.3. The summed E-state index contributed by atoms with van der Waals surface area (Å²) in [4.78, 5) is 0. The van der Waals surface area contributed by atoms with Crippen molar-refractivity contribution in [3.05, 3.63) is 23.3 Å². The molecule has 1 aromatic carbocycles. The Bertz CT molecular complexity index is 398. The maximum atomic E-state index is 9.82. The summed E-state index contributed by atoms with van der Waals surface area (Å²) in [7, 11) is 0. The number of hydrogen-bond donors (Lipinski definition) is 3. The Labute approximate surface area is 107 Å². The first kappa shape index (κ1) is 14.1. The number of phenols is 2. The van der Waals surface area contributed by atoms with Gasteiger partial charge in [0.25, 0.3) is 0 Å². The van der Waals surface area contributed by atoms with Crippen LogP contribution >= 0.6 is 12.4 Å². The second-order valence-electron chi connectivity index (χ2n) is 4.10. The number of rotatable bonds is 2. The Kier molecular flexibility index (Phi) is 4.62. The zero-order valence-corrected chi connectivity index (χ0v) is 10.5. The fourth-order valence-electron chi connectivity index (χ4n) is 2.16. The van der Waals surface area contributed by atoms with Crippen LogP contribution in [0.15, 0.2) is 12.1 Å². The first-order valence-electron chi connectivity index (χ1n) is 5.56. The first-order chi connectivity index (χ1) is 7.67. The van der Waals surface area contributed by atoms with Gasteiger partial charge < -0.3 is 20.7 Å². The van der Waals surface area contributed by atoms with Crippen molar-refractivity contribution < 1.29 is 14.9 Å². The van der Waals surface area contributed by atoms with Crippen molar-refractivity contribution in [1.29, 1.82) is 0 Å². The van der Waals surface area contributed by atoms with Crippen LogP contribution in [-0.4, -0.2) is 22.9 Å². The highest BCUT2D eigenvalue weighted by Gasteiger charge is 2.28. The van der Waals surface area contributed by atoms with Gasteiger partial charge >= 0.3 is 0 Å². The third-order valence-electron chi connectivity index (χ3n) is 3.10. The van der Waals surface area contributed by atoms with Crippen LogP contribution in [0.3, 0.4) is 0 Å². The number of benzene rings is 1. The van der Waals surface area contributed by atoms with Crippen LogP contribution in [0.5, 0.6) is 11.5 Å². The van der Waals surface area contributed by atoms with E-state index in [1.54, 1.807) is 6.07 Å². The molecule has 1 aliphatic heterocycles. The summed E-state index contributed by atoms with van der Waals surface area (Å²) in [6, 6.07) is 3.25. The Hall–Kier alpha value is -0.970. The predicted molar refractivity (Wildman–Crippen MR) is 67.7 cm³/mol. The molecule has 17 heavy (non-hydrogen) atoms. The summed E-state index contributed by atoms with van der Waals surface area (Å²) in [5.74, 6) is -0.107. The van der Waals surface area contributed by atoms with Gasteiger partial charge in [0.15, 0.2) is 11.5 Å². The summed E-state index contributed by atoms with van der Waals surface area (Å²) >= 11 is 0. The normalized spacial score (nSPS) is 22.7. The standard InChI is InChI=1S/C12H17NO3.ClH/c1-2-7-5-9-8(11(6-13)16-7)3-4-10(14)12(9)15;/h3-4,7,11,14-15H,2,5-6,13H2,1H3;1H. The molecule has 4 nitrogen and oxygen atoms in total. The Morgan fingerprint density at radius 3 is 2.71 bits per heavy atom. The molecule has 0 aliphatic carbocycles. The largest absolute Gasteiger partial charge is 0.504 e. The molecule has 0 bridgehead atoms. The van der Waals surface area contributed by atoms with Crippen molar-refractivity contribution in [3.63, 3.8) is 0 Å². The average Bonchev–Trinajstić information content (AvgIpc) is 2.32. The molecule has 1 aliphatic rings. The first-order valence-corrected chi connectivity index (χ1v) is 5.56. The van der Waals surface area contributed by atoms with Gasteiger partial charge in [0, 0.05) is 18.5 Å². The van der Waals surface area contributed by atoms with Crippen molar-refractivity contribution in [2.75, 3.05) is 6.54 Å². The zero-order valence-electron chi connectivity index (χ0n) is 9.72. The fraction of sp³-hybridized carbons (Fsp3) is 0.500. The Morgan fingerprint density at radius 2 is 2.12 bits per heavy atom. The van der Waals surface area contributed by atoms with Gasteiger partial charge in [0.2, 0.25) is 0 Å². The molecule has 2 atom stereocenters. The molecular weight excluding hydrogens is 242 g/mol. The van der Waals surface area contributed by atoms with Gasteiger partial charge in [-0.3, -0.25) is 0 Å². The van der Waals surface area contributed by atoms with Gasteiger partial charge in [0.1, 0.15) is 0 Å². The predicted octanol–water partition coefficient (Wildman–Crippen LogP) is 1.87. The topological polar surface area (TPSA) is 75.7 Å². The molecule has 4 N–H and O–H groups in total. The van der Waals surface area contributed by atoms with Crippen molar-refractivity contribution in [2.45, 2.75) is 32.0 Å². The zero-order chi connectivity index (χ0) is 11.7. The van der Waals surface area contributed by atoms with Gasteiger partial charge in [-0.1, -0.05) is 13.0 Å². The van der Waals surface area contributed by atoms with E-state index < -0.39 is 0 Å². The molecule has 96 valence electrons. The number of nitrogens with two attached hydrogens (primary N) is 1. The molecule has 0 radical (unpaired) electrons. The molecular formula is C12H18ClNO3. The van der Waals surface area contributed by atoms with Crippen molar-refractivity contribution >= 4 is 12.4 Å². The van der Waals surface area contributed by atoms with Gasteiger partial charge in [-0.05, 0) is 18.1 Å². The van der Waals surface area contributed by atoms with Crippen LogP contribution in [0, 0.1) is 0 Å². The number of hydrogen-bond acceptors (Lipinski definition) is 4. The number of aromatic hydroxyl groups is 2. The maximum Gasteiger partial charge on any atom is 0.161 e. The number of phenolic OH excluding ortho intramolecular Hbond substituents is 2. The van der Waals surface area contributed by atoms with E-state index in [4.69, 9.17) is 10.5 Å². The lowest BCUT2D eigenvalue weighted by Crippen LogP contribution is -2.29. The number of halogens is 1. The molecule has 1 heterocycles. The van der Waals surface area contributed by atoms with Crippen LogP contribution < -0.4 is 5.73 Å². The van der Waals surface area contributed by atoms with Gasteiger partial charge in [0.05, 0.1) is 12.2 Å².